The lowest BCUT2D eigenvalue weighted by Gasteiger charge is -2.05. The molecule has 0 bridgehead atoms. The second-order valence-corrected chi connectivity index (χ2v) is 4.65. The summed E-state index contributed by atoms with van der Waals surface area (Å²) in [6.45, 7) is 0.488. The van der Waals surface area contributed by atoms with E-state index in [-0.39, 0.29) is 5.02 Å². The summed E-state index contributed by atoms with van der Waals surface area (Å²) in [5, 5.41) is 3.12. The molecule has 0 amide bonds. The summed E-state index contributed by atoms with van der Waals surface area (Å²) < 4.78 is 13.7. The van der Waals surface area contributed by atoms with Crippen molar-refractivity contribution in [2.45, 2.75) is 6.54 Å². The first-order valence-corrected chi connectivity index (χ1v) is 5.97. The Bertz CT molecular complexity index is 519. The molecule has 0 atom stereocenters. The average molecular weight is 317 g/mol. The third-order valence-electron chi connectivity index (χ3n) is 2.05. The van der Waals surface area contributed by atoms with E-state index in [4.69, 9.17) is 11.6 Å². The molecule has 0 fully saturated rings. The van der Waals surface area contributed by atoms with Gasteiger partial charge < -0.3 is 5.32 Å². The molecule has 1 N–H and O–H groups in total. The van der Waals surface area contributed by atoms with Gasteiger partial charge in [0.25, 0.3) is 0 Å². The molecule has 0 aliphatic rings. The summed E-state index contributed by atoms with van der Waals surface area (Å²) >= 11 is 8.92. The van der Waals surface area contributed by atoms with Gasteiger partial charge in [-0.1, -0.05) is 17.7 Å². The molecular formula is C11H8BrClFN3. The Morgan fingerprint density at radius 1 is 1.29 bits per heavy atom. The van der Waals surface area contributed by atoms with Crippen LogP contribution in [0.15, 0.2) is 35.1 Å². The summed E-state index contributed by atoms with van der Waals surface area (Å²) in [6.07, 6.45) is 3.29. The van der Waals surface area contributed by atoms with Gasteiger partial charge in [-0.05, 0) is 33.6 Å². The standard InChI is InChI=1S/C11H8BrClFN3/c12-8-5-16-11(17-6-8)15-4-7-1-2-10(14)9(13)3-7/h1-3,5-6H,4H2,(H,15,16,17). The van der Waals surface area contributed by atoms with Gasteiger partial charge in [0, 0.05) is 18.9 Å². The van der Waals surface area contributed by atoms with Gasteiger partial charge in [-0.2, -0.15) is 0 Å². The first-order chi connectivity index (χ1) is 8.15. The molecule has 0 saturated heterocycles. The molecule has 0 radical (unpaired) electrons. The Balaban J connectivity index is 2.02. The topological polar surface area (TPSA) is 37.8 Å². The summed E-state index contributed by atoms with van der Waals surface area (Å²) in [4.78, 5) is 8.11. The first-order valence-electron chi connectivity index (χ1n) is 4.80. The van der Waals surface area contributed by atoms with E-state index < -0.39 is 5.82 Å². The van der Waals surface area contributed by atoms with Gasteiger partial charge in [-0.15, -0.1) is 0 Å². The Hall–Kier alpha value is -1.20. The molecule has 1 aromatic heterocycles. The highest BCUT2D eigenvalue weighted by Gasteiger charge is 2.01. The van der Waals surface area contributed by atoms with Crippen molar-refractivity contribution >= 4 is 33.5 Å². The van der Waals surface area contributed by atoms with Crippen LogP contribution < -0.4 is 5.32 Å². The fraction of sp³-hybridized carbons (Fsp3) is 0.0909. The zero-order valence-corrected chi connectivity index (χ0v) is 11.0. The Morgan fingerprint density at radius 3 is 2.65 bits per heavy atom. The number of nitrogens with zero attached hydrogens (tertiary/aromatic N) is 2. The van der Waals surface area contributed by atoms with Crippen molar-refractivity contribution in [3.8, 4) is 0 Å². The van der Waals surface area contributed by atoms with Crippen molar-refractivity contribution in [2.24, 2.45) is 0 Å². The largest absolute Gasteiger partial charge is 0.350 e. The minimum Gasteiger partial charge on any atom is -0.350 e. The van der Waals surface area contributed by atoms with E-state index >= 15 is 0 Å². The van der Waals surface area contributed by atoms with Crippen molar-refractivity contribution in [3.63, 3.8) is 0 Å². The van der Waals surface area contributed by atoms with Crippen molar-refractivity contribution in [2.75, 3.05) is 5.32 Å². The highest BCUT2D eigenvalue weighted by atomic mass is 79.9. The summed E-state index contributed by atoms with van der Waals surface area (Å²) in [5.74, 6) is 0.0870. The normalized spacial score (nSPS) is 10.3. The number of rotatable bonds is 3. The number of hydrogen-bond donors (Lipinski definition) is 1. The van der Waals surface area contributed by atoms with E-state index in [1.807, 2.05) is 0 Å². The third kappa shape index (κ3) is 3.38. The maximum atomic E-state index is 12.9. The number of hydrogen-bond acceptors (Lipinski definition) is 3. The number of anilines is 1. The van der Waals surface area contributed by atoms with Gasteiger partial charge in [0.2, 0.25) is 5.95 Å². The Labute approximate surface area is 111 Å². The second-order valence-electron chi connectivity index (χ2n) is 3.33. The molecule has 0 aliphatic heterocycles. The number of halogens is 3. The Morgan fingerprint density at radius 2 is 2.00 bits per heavy atom. The van der Waals surface area contributed by atoms with E-state index in [0.717, 1.165) is 10.0 Å². The van der Waals surface area contributed by atoms with Gasteiger partial charge in [-0.3, -0.25) is 0 Å². The zero-order valence-electron chi connectivity index (χ0n) is 8.62. The molecule has 0 spiro atoms. The number of benzene rings is 1. The van der Waals surface area contributed by atoms with Gasteiger partial charge in [-0.25, -0.2) is 14.4 Å². The highest BCUT2D eigenvalue weighted by molar-refractivity contribution is 9.10. The molecule has 0 aliphatic carbocycles. The van der Waals surface area contributed by atoms with Crippen LogP contribution in [0.4, 0.5) is 10.3 Å². The molecule has 3 nitrogen and oxygen atoms in total. The van der Waals surface area contributed by atoms with Gasteiger partial charge in [0.05, 0.1) is 9.50 Å². The van der Waals surface area contributed by atoms with Crippen LogP contribution in [0.1, 0.15) is 5.56 Å². The first kappa shape index (κ1) is 12.3. The average Bonchev–Trinajstić information content (AvgIpc) is 2.33. The zero-order chi connectivity index (χ0) is 12.3. The van der Waals surface area contributed by atoms with Crippen LogP contribution in [0.2, 0.25) is 5.02 Å². The molecule has 1 heterocycles. The lowest BCUT2D eigenvalue weighted by atomic mass is 10.2. The molecule has 0 saturated carbocycles. The maximum Gasteiger partial charge on any atom is 0.222 e. The van der Waals surface area contributed by atoms with Crippen LogP contribution in [-0.2, 0) is 6.54 Å². The number of aromatic nitrogens is 2. The highest BCUT2D eigenvalue weighted by Crippen LogP contribution is 2.16. The lowest BCUT2D eigenvalue weighted by molar-refractivity contribution is 0.627. The SMILES string of the molecule is Fc1ccc(CNc2ncc(Br)cn2)cc1Cl. The summed E-state index contributed by atoms with van der Waals surface area (Å²) in [6, 6.07) is 4.57. The Kier molecular flexibility index (Phi) is 3.91. The molecule has 6 heteroatoms. The molecule has 17 heavy (non-hydrogen) atoms. The smallest absolute Gasteiger partial charge is 0.222 e. The van der Waals surface area contributed by atoms with Crippen LogP contribution >= 0.6 is 27.5 Å². The van der Waals surface area contributed by atoms with Crippen LogP contribution in [0, 0.1) is 5.82 Å². The van der Waals surface area contributed by atoms with Crippen molar-refractivity contribution in [3.05, 3.63) is 51.5 Å². The monoisotopic (exact) mass is 315 g/mol. The maximum absolute atomic E-state index is 12.9. The number of nitrogens with one attached hydrogen (secondary N) is 1. The van der Waals surface area contributed by atoms with Crippen LogP contribution in [0.5, 0.6) is 0 Å². The van der Waals surface area contributed by atoms with Crippen LogP contribution in [-0.4, -0.2) is 9.97 Å². The van der Waals surface area contributed by atoms with E-state index in [1.54, 1.807) is 24.5 Å². The minimum atomic E-state index is -0.421. The van der Waals surface area contributed by atoms with E-state index in [0.29, 0.717) is 12.5 Å². The molecule has 1 aromatic carbocycles. The predicted octanol–water partition coefficient (Wildman–Crippen LogP) is 3.64. The molecule has 0 unspecified atom stereocenters. The predicted molar refractivity (Wildman–Crippen MR) is 68.5 cm³/mol. The fourth-order valence-electron chi connectivity index (χ4n) is 1.23. The summed E-state index contributed by atoms with van der Waals surface area (Å²) in [7, 11) is 0. The molecule has 88 valence electrons. The van der Waals surface area contributed by atoms with Gasteiger partial charge in [0.1, 0.15) is 5.82 Å². The van der Waals surface area contributed by atoms with E-state index in [9.17, 15) is 4.39 Å². The van der Waals surface area contributed by atoms with E-state index in [1.165, 1.54) is 6.07 Å². The third-order valence-corrected chi connectivity index (χ3v) is 2.75. The molecule has 2 aromatic rings. The fourth-order valence-corrected chi connectivity index (χ4v) is 1.64. The second kappa shape index (κ2) is 5.42. The van der Waals surface area contributed by atoms with Crippen molar-refractivity contribution in [1.82, 2.24) is 9.97 Å². The summed E-state index contributed by atoms with van der Waals surface area (Å²) in [5.41, 5.74) is 0.864. The lowest BCUT2D eigenvalue weighted by Crippen LogP contribution is -2.03. The van der Waals surface area contributed by atoms with E-state index in [2.05, 4.69) is 31.2 Å². The minimum absolute atomic E-state index is 0.112. The quantitative estimate of drug-likeness (QED) is 0.939. The van der Waals surface area contributed by atoms with Gasteiger partial charge in [0.15, 0.2) is 0 Å². The molecular weight excluding hydrogens is 308 g/mol. The molecule has 2 rings (SSSR count). The van der Waals surface area contributed by atoms with Crippen molar-refractivity contribution < 1.29 is 4.39 Å². The van der Waals surface area contributed by atoms with Crippen LogP contribution in [0.25, 0.3) is 0 Å². The van der Waals surface area contributed by atoms with Gasteiger partial charge >= 0.3 is 0 Å². The van der Waals surface area contributed by atoms with Crippen molar-refractivity contribution in [1.29, 1.82) is 0 Å². The van der Waals surface area contributed by atoms with Crippen LogP contribution in [0.3, 0.4) is 0 Å².